The van der Waals surface area contributed by atoms with Crippen molar-refractivity contribution in [3.63, 3.8) is 0 Å². The van der Waals surface area contributed by atoms with E-state index in [1.165, 1.54) is 12.1 Å². The summed E-state index contributed by atoms with van der Waals surface area (Å²) in [6.07, 6.45) is -4.46. The quantitative estimate of drug-likeness (QED) is 0.418. The molecule has 176 valence electrons. The van der Waals surface area contributed by atoms with Crippen LogP contribution in [0.3, 0.4) is 0 Å². The van der Waals surface area contributed by atoms with E-state index in [-0.39, 0.29) is 18.3 Å². The second-order valence-corrected chi connectivity index (χ2v) is 7.89. The number of nitrogens with one attached hydrogen (secondary N) is 1. The number of nitrogens with zero attached hydrogens (tertiary/aromatic N) is 3. The van der Waals surface area contributed by atoms with Crippen LogP contribution in [-0.2, 0) is 23.1 Å². The van der Waals surface area contributed by atoms with Crippen LogP contribution in [-0.4, -0.2) is 27.0 Å². The van der Waals surface area contributed by atoms with Gasteiger partial charge in [0.05, 0.1) is 5.56 Å². The van der Waals surface area contributed by atoms with Crippen LogP contribution in [0, 0.1) is 0 Å². The Labute approximate surface area is 197 Å². The molecule has 5 rings (SSSR count). The van der Waals surface area contributed by atoms with Gasteiger partial charge in [0.25, 0.3) is 5.91 Å². The lowest BCUT2D eigenvalue weighted by atomic mass is 9.82. The van der Waals surface area contributed by atoms with Gasteiger partial charge in [0.2, 0.25) is 11.7 Å². The molecule has 1 fully saturated rings. The van der Waals surface area contributed by atoms with Crippen LogP contribution in [0.25, 0.3) is 11.4 Å². The summed E-state index contributed by atoms with van der Waals surface area (Å²) in [4.78, 5) is 31.8. The van der Waals surface area contributed by atoms with Crippen LogP contribution < -0.4 is 5.32 Å². The maximum atomic E-state index is 13.7. The fraction of sp³-hybridized carbons (Fsp3) is 0.120. The molecule has 0 spiro atoms. The zero-order valence-corrected chi connectivity index (χ0v) is 18.0. The molecule has 4 aromatic rings. The Kier molecular flexibility index (Phi) is 5.35. The maximum Gasteiger partial charge on any atom is 0.416 e. The highest BCUT2D eigenvalue weighted by Crippen LogP contribution is 2.36. The number of aromatic nitrogens is 2. The van der Waals surface area contributed by atoms with Gasteiger partial charge < -0.3 is 9.84 Å². The molecule has 0 unspecified atom stereocenters. The largest absolute Gasteiger partial charge is 0.416 e. The molecule has 1 saturated heterocycles. The summed E-state index contributed by atoms with van der Waals surface area (Å²) in [5.74, 6) is -0.521. The average molecular weight is 478 g/mol. The van der Waals surface area contributed by atoms with Crippen LogP contribution in [0.15, 0.2) is 89.5 Å². The first-order valence-corrected chi connectivity index (χ1v) is 10.5. The molecule has 1 aliphatic rings. The summed E-state index contributed by atoms with van der Waals surface area (Å²) in [6.45, 7) is -0.306. The van der Waals surface area contributed by atoms with Crippen LogP contribution in [0.1, 0.15) is 22.6 Å². The number of imide groups is 1. The minimum atomic E-state index is -4.46. The van der Waals surface area contributed by atoms with Crippen molar-refractivity contribution in [1.29, 1.82) is 0 Å². The van der Waals surface area contributed by atoms with E-state index in [0.717, 1.165) is 17.0 Å². The number of carbonyl (C=O) groups excluding carboxylic acids is 2. The smallest absolute Gasteiger partial charge is 0.337 e. The first-order chi connectivity index (χ1) is 16.8. The van der Waals surface area contributed by atoms with E-state index < -0.39 is 29.2 Å². The zero-order valence-electron chi connectivity index (χ0n) is 18.0. The fourth-order valence-corrected chi connectivity index (χ4v) is 4.03. The third kappa shape index (κ3) is 3.92. The molecular formula is C25H17F3N4O3. The van der Waals surface area contributed by atoms with Crippen LogP contribution in [0.4, 0.5) is 18.0 Å². The van der Waals surface area contributed by atoms with Crippen LogP contribution in [0.5, 0.6) is 0 Å². The Morgan fingerprint density at radius 1 is 0.857 bits per heavy atom. The number of carbonyl (C=O) groups is 2. The summed E-state index contributed by atoms with van der Waals surface area (Å²) in [7, 11) is 0. The minimum absolute atomic E-state index is 0.0400. The SMILES string of the molecule is O=C1NC(c2ccccc2)(c2ccccc2)C(=O)N1Cc1nc(-c2ccc(C(F)(F)F)cc2)no1. The van der Waals surface area contributed by atoms with Crippen LogP contribution >= 0.6 is 0 Å². The normalized spacial score (nSPS) is 15.3. The van der Waals surface area contributed by atoms with Gasteiger partial charge in [-0.15, -0.1) is 0 Å². The number of hydrogen-bond donors (Lipinski definition) is 1. The molecule has 3 amide bonds. The molecule has 0 atom stereocenters. The molecule has 7 nitrogen and oxygen atoms in total. The molecular weight excluding hydrogens is 461 g/mol. The monoisotopic (exact) mass is 478 g/mol. The molecule has 1 aliphatic heterocycles. The number of halogens is 3. The van der Waals surface area contributed by atoms with Gasteiger partial charge in [-0.3, -0.25) is 9.69 Å². The fourth-order valence-electron chi connectivity index (χ4n) is 4.03. The molecule has 1 aromatic heterocycles. The van der Waals surface area contributed by atoms with Gasteiger partial charge >= 0.3 is 12.2 Å². The Bertz CT molecular complexity index is 1330. The standard InChI is InChI=1S/C25H17F3N4O3/c26-25(27,28)19-13-11-16(12-14-19)21-29-20(35-31-21)15-32-22(33)24(30-23(32)34,17-7-3-1-4-8-17)18-9-5-2-6-10-18/h1-14H,15H2,(H,30,34). The Balaban J connectivity index is 1.44. The predicted octanol–water partition coefficient (Wildman–Crippen LogP) is 4.75. The molecule has 0 aliphatic carbocycles. The Morgan fingerprint density at radius 3 is 1.97 bits per heavy atom. The zero-order chi connectivity index (χ0) is 24.6. The lowest BCUT2D eigenvalue weighted by Gasteiger charge is -2.27. The molecule has 3 aromatic carbocycles. The first-order valence-electron chi connectivity index (χ1n) is 10.5. The van der Waals surface area contributed by atoms with Crippen molar-refractivity contribution in [1.82, 2.24) is 20.4 Å². The number of benzene rings is 3. The van der Waals surface area contributed by atoms with Crippen molar-refractivity contribution in [3.8, 4) is 11.4 Å². The van der Waals surface area contributed by atoms with Crippen LogP contribution in [0.2, 0.25) is 0 Å². The van der Waals surface area contributed by atoms with Gasteiger partial charge in [0, 0.05) is 5.56 Å². The van der Waals surface area contributed by atoms with E-state index in [1.807, 2.05) is 12.1 Å². The van der Waals surface area contributed by atoms with Gasteiger partial charge in [-0.25, -0.2) is 4.79 Å². The lowest BCUT2D eigenvalue weighted by Crippen LogP contribution is -2.45. The molecule has 0 saturated carbocycles. The highest BCUT2D eigenvalue weighted by atomic mass is 19.4. The average Bonchev–Trinajstić information content (AvgIpc) is 3.44. The van der Waals surface area contributed by atoms with E-state index in [9.17, 15) is 22.8 Å². The van der Waals surface area contributed by atoms with E-state index >= 15 is 0 Å². The second kappa shape index (κ2) is 8.39. The summed E-state index contributed by atoms with van der Waals surface area (Å²) in [5, 5.41) is 6.61. The molecule has 10 heteroatoms. The number of urea groups is 1. The van der Waals surface area contributed by atoms with Gasteiger partial charge in [-0.1, -0.05) is 78.0 Å². The summed E-state index contributed by atoms with van der Waals surface area (Å²) in [5.41, 5.74) is -0.766. The van der Waals surface area contributed by atoms with E-state index in [4.69, 9.17) is 4.52 Å². The Morgan fingerprint density at radius 2 is 1.43 bits per heavy atom. The number of alkyl halides is 3. The van der Waals surface area contributed by atoms with Gasteiger partial charge in [-0.05, 0) is 23.3 Å². The first kappa shape index (κ1) is 22.3. The third-order valence-electron chi connectivity index (χ3n) is 5.75. The summed E-state index contributed by atoms with van der Waals surface area (Å²) < 4.78 is 43.6. The molecule has 2 heterocycles. The second-order valence-electron chi connectivity index (χ2n) is 7.89. The van der Waals surface area contributed by atoms with Crippen molar-refractivity contribution < 1.29 is 27.3 Å². The molecule has 0 radical (unpaired) electrons. The molecule has 0 bridgehead atoms. The van der Waals surface area contributed by atoms with Gasteiger partial charge in [0.15, 0.2) is 5.54 Å². The summed E-state index contributed by atoms with van der Waals surface area (Å²) >= 11 is 0. The molecule has 35 heavy (non-hydrogen) atoms. The highest BCUT2D eigenvalue weighted by Gasteiger charge is 2.54. The van der Waals surface area contributed by atoms with E-state index in [2.05, 4.69) is 15.5 Å². The Hall–Kier alpha value is -4.47. The number of hydrogen-bond acceptors (Lipinski definition) is 5. The maximum absolute atomic E-state index is 13.7. The van der Waals surface area contributed by atoms with E-state index in [0.29, 0.717) is 16.7 Å². The number of rotatable bonds is 5. The van der Waals surface area contributed by atoms with Crippen molar-refractivity contribution in [2.45, 2.75) is 18.3 Å². The van der Waals surface area contributed by atoms with Crippen molar-refractivity contribution in [2.24, 2.45) is 0 Å². The third-order valence-corrected chi connectivity index (χ3v) is 5.75. The van der Waals surface area contributed by atoms with Gasteiger partial charge in [0.1, 0.15) is 6.54 Å². The number of amides is 3. The van der Waals surface area contributed by atoms with Crippen molar-refractivity contribution >= 4 is 11.9 Å². The summed E-state index contributed by atoms with van der Waals surface area (Å²) in [6, 6.07) is 21.4. The topological polar surface area (TPSA) is 88.3 Å². The predicted molar refractivity (Wildman–Crippen MR) is 117 cm³/mol. The van der Waals surface area contributed by atoms with Crippen molar-refractivity contribution in [3.05, 3.63) is 108 Å². The van der Waals surface area contributed by atoms with E-state index in [1.54, 1.807) is 48.5 Å². The highest BCUT2D eigenvalue weighted by molar-refractivity contribution is 6.09. The van der Waals surface area contributed by atoms with Gasteiger partial charge in [-0.2, -0.15) is 18.2 Å². The molecule has 1 N–H and O–H groups in total. The minimum Gasteiger partial charge on any atom is -0.337 e. The van der Waals surface area contributed by atoms with Crippen molar-refractivity contribution in [2.75, 3.05) is 0 Å². The lowest BCUT2D eigenvalue weighted by molar-refractivity contribution is -0.137.